The van der Waals surface area contributed by atoms with Crippen molar-refractivity contribution in [1.29, 1.82) is 0 Å². The van der Waals surface area contributed by atoms with Crippen molar-refractivity contribution >= 4 is 22.7 Å². The van der Waals surface area contributed by atoms with Crippen molar-refractivity contribution in [3.05, 3.63) is 23.3 Å². The molecule has 0 aromatic heterocycles. The second-order valence-corrected chi connectivity index (χ2v) is 11.0. The predicted octanol–water partition coefficient (Wildman–Crippen LogP) is 6.11. The van der Waals surface area contributed by atoms with E-state index in [0.29, 0.717) is 17.5 Å². The van der Waals surface area contributed by atoms with Crippen molar-refractivity contribution in [3.8, 4) is 0 Å². The second kappa shape index (κ2) is 7.82. The van der Waals surface area contributed by atoms with Gasteiger partial charge in [0.15, 0.2) is 10.9 Å². The number of rotatable bonds is 5. The quantitative estimate of drug-likeness (QED) is 0.553. The summed E-state index contributed by atoms with van der Waals surface area (Å²) < 4.78 is -0.0491. The third-order valence-corrected chi connectivity index (χ3v) is 6.84. The Morgan fingerprint density at radius 3 is 2.64 bits per heavy atom. The molecule has 140 valence electrons. The first-order valence-corrected chi connectivity index (χ1v) is 10.4. The Morgan fingerprint density at radius 2 is 2.04 bits per heavy atom. The van der Waals surface area contributed by atoms with Crippen molar-refractivity contribution in [3.63, 3.8) is 0 Å². The first-order valence-electron chi connectivity index (χ1n) is 9.63. The molecule has 25 heavy (non-hydrogen) atoms. The van der Waals surface area contributed by atoms with Crippen LogP contribution in [0.4, 0.5) is 0 Å². The van der Waals surface area contributed by atoms with Crippen molar-refractivity contribution in [2.24, 2.45) is 17.3 Å². The van der Waals surface area contributed by atoms with Gasteiger partial charge in [-0.2, -0.15) is 0 Å². The third-order valence-electron chi connectivity index (χ3n) is 5.73. The maximum atomic E-state index is 13.2. The summed E-state index contributed by atoms with van der Waals surface area (Å²) in [6.07, 6.45) is 9.61. The smallest absolute Gasteiger partial charge is 0.192 e. The summed E-state index contributed by atoms with van der Waals surface area (Å²) in [7, 11) is 0. The first-order chi connectivity index (χ1) is 11.5. The number of ketones is 1. The number of fused-ring (bicyclic) bond motifs is 1. The van der Waals surface area contributed by atoms with Gasteiger partial charge in [0, 0.05) is 17.1 Å². The fraction of sp³-hybridized carbons (Fsp3) is 0.727. The monoisotopic (exact) mass is 362 g/mol. The van der Waals surface area contributed by atoms with Crippen LogP contribution in [0.5, 0.6) is 0 Å². The largest absolute Gasteiger partial charge is 0.295 e. The molecule has 0 radical (unpaired) electrons. The summed E-state index contributed by atoms with van der Waals surface area (Å²) >= 11 is 1.50. The Hall–Kier alpha value is -0.830. The van der Waals surface area contributed by atoms with Crippen LogP contribution in [0.3, 0.4) is 0 Å². The SMILES string of the molecule is CC(C)=CCC[C@@H](C(=O)SC(C)(C)C)[C@H]1CCC2=CC(=O)CC[C@@]21C. The second-order valence-electron chi connectivity index (χ2n) is 9.20. The number of carbonyl (C=O) groups excluding carboxylic acids is 2. The molecule has 2 aliphatic carbocycles. The molecule has 1 fully saturated rings. The molecule has 0 aromatic rings. The molecule has 0 aliphatic heterocycles. The van der Waals surface area contributed by atoms with Gasteiger partial charge < -0.3 is 0 Å². The van der Waals surface area contributed by atoms with Crippen molar-refractivity contribution in [2.75, 3.05) is 0 Å². The van der Waals surface area contributed by atoms with Gasteiger partial charge in [-0.15, -0.1) is 0 Å². The van der Waals surface area contributed by atoms with Crippen LogP contribution in [0.2, 0.25) is 0 Å². The molecule has 0 amide bonds. The number of allylic oxidation sites excluding steroid dienone is 4. The van der Waals surface area contributed by atoms with Crippen LogP contribution in [0.1, 0.15) is 80.1 Å². The Kier molecular flexibility index (Phi) is 6.40. The van der Waals surface area contributed by atoms with E-state index in [1.807, 2.05) is 6.08 Å². The average molecular weight is 363 g/mol. The summed E-state index contributed by atoms with van der Waals surface area (Å²) in [6.45, 7) is 12.9. The minimum atomic E-state index is -0.0491. The van der Waals surface area contributed by atoms with Crippen LogP contribution >= 0.6 is 11.8 Å². The summed E-state index contributed by atoms with van der Waals surface area (Å²) in [5.41, 5.74) is 2.66. The maximum Gasteiger partial charge on any atom is 0.192 e. The van der Waals surface area contributed by atoms with Gasteiger partial charge in [-0.05, 0) is 63.4 Å². The molecule has 3 atom stereocenters. The van der Waals surface area contributed by atoms with E-state index >= 15 is 0 Å². The molecule has 0 spiro atoms. The highest BCUT2D eigenvalue weighted by atomic mass is 32.2. The molecule has 2 nitrogen and oxygen atoms in total. The van der Waals surface area contributed by atoms with E-state index in [0.717, 1.165) is 32.1 Å². The van der Waals surface area contributed by atoms with Crippen LogP contribution < -0.4 is 0 Å². The number of thioether (sulfide) groups is 1. The summed E-state index contributed by atoms with van der Waals surface area (Å²) in [6, 6.07) is 0. The molecular weight excluding hydrogens is 328 g/mol. The number of carbonyl (C=O) groups is 2. The van der Waals surface area contributed by atoms with E-state index in [4.69, 9.17) is 0 Å². The predicted molar refractivity (Wildman–Crippen MR) is 108 cm³/mol. The Balaban J connectivity index is 2.25. The fourth-order valence-electron chi connectivity index (χ4n) is 4.44. The minimum Gasteiger partial charge on any atom is -0.295 e. The minimum absolute atomic E-state index is 0.0393. The highest BCUT2D eigenvalue weighted by Gasteiger charge is 2.49. The van der Waals surface area contributed by atoms with Gasteiger partial charge in [0.25, 0.3) is 0 Å². The lowest BCUT2D eigenvalue weighted by atomic mass is 9.65. The summed E-state index contributed by atoms with van der Waals surface area (Å²) in [5.74, 6) is 0.730. The van der Waals surface area contributed by atoms with Gasteiger partial charge in [-0.1, -0.05) is 56.7 Å². The normalized spacial score (nSPS) is 27.5. The average Bonchev–Trinajstić information content (AvgIpc) is 2.78. The molecule has 0 unspecified atom stereocenters. The maximum absolute atomic E-state index is 13.2. The van der Waals surface area contributed by atoms with Gasteiger partial charge in [0.2, 0.25) is 0 Å². The van der Waals surface area contributed by atoms with E-state index in [-0.39, 0.29) is 21.9 Å². The summed E-state index contributed by atoms with van der Waals surface area (Å²) in [5, 5.41) is 0.346. The van der Waals surface area contributed by atoms with Crippen LogP contribution in [0.15, 0.2) is 23.3 Å². The molecular formula is C22H34O2S. The highest BCUT2D eigenvalue weighted by molar-refractivity contribution is 8.14. The molecule has 0 aromatic carbocycles. The standard InChI is InChI=1S/C22H34O2S/c1-15(2)8-7-9-18(20(24)25-21(3,4)5)19-11-10-16-14-17(23)12-13-22(16,19)6/h8,14,18-19H,7,9-13H2,1-6H3/t18-,19-,22+/m1/s1. The van der Waals surface area contributed by atoms with E-state index in [1.54, 1.807) is 0 Å². The van der Waals surface area contributed by atoms with Gasteiger partial charge in [-0.25, -0.2) is 0 Å². The summed E-state index contributed by atoms with van der Waals surface area (Å²) in [4.78, 5) is 25.0. The lowest BCUT2D eigenvalue weighted by Crippen LogP contribution is -2.36. The Labute approximate surface area is 157 Å². The van der Waals surface area contributed by atoms with Crippen molar-refractivity contribution in [1.82, 2.24) is 0 Å². The van der Waals surface area contributed by atoms with Gasteiger partial charge >= 0.3 is 0 Å². The molecule has 3 heteroatoms. The number of hydrogen-bond acceptors (Lipinski definition) is 3. The third kappa shape index (κ3) is 5.09. The molecule has 2 aliphatic rings. The van der Waals surface area contributed by atoms with Gasteiger partial charge in [0.1, 0.15) is 0 Å². The van der Waals surface area contributed by atoms with E-state index < -0.39 is 0 Å². The Morgan fingerprint density at radius 1 is 1.36 bits per heavy atom. The first kappa shape index (κ1) is 20.5. The molecule has 2 rings (SSSR count). The van der Waals surface area contributed by atoms with Crippen LogP contribution in [0.25, 0.3) is 0 Å². The zero-order valence-electron chi connectivity index (χ0n) is 16.8. The zero-order chi connectivity index (χ0) is 18.8. The zero-order valence-corrected chi connectivity index (χ0v) is 17.6. The topological polar surface area (TPSA) is 34.1 Å². The fourth-order valence-corrected chi connectivity index (χ4v) is 5.48. The van der Waals surface area contributed by atoms with Crippen molar-refractivity contribution < 1.29 is 9.59 Å². The van der Waals surface area contributed by atoms with Crippen LogP contribution in [0, 0.1) is 17.3 Å². The number of hydrogen-bond donors (Lipinski definition) is 0. The van der Waals surface area contributed by atoms with Crippen molar-refractivity contribution in [2.45, 2.75) is 84.8 Å². The molecule has 1 saturated carbocycles. The van der Waals surface area contributed by atoms with Crippen LogP contribution in [-0.2, 0) is 9.59 Å². The van der Waals surface area contributed by atoms with E-state index in [2.05, 4.69) is 47.6 Å². The van der Waals surface area contributed by atoms with E-state index in [1.165, 1.54) is 22.9 Å². The van der Waals surface area contributed by atoms with Gasteiger partial charge in [-0.3, -0.25) is 9.59 Å². The molecule has 0 N–H and O–H groups in total. The highest BCUT2D eigenvalue weighted by Crippen LogP contribution is 2.56. The lowest BCUT2D eigenvalue weighted by molar-refractivity contribution is -0.117. The van der Waals surface area contributed by atoms with Gasteiger partial charge in [0.05, 0.1) is 0 Å². The lowest BCUT2D eigenvalue weighted by Gasteiger charge is -2.39. The van der Waals surface area contributed by atoms with E-state index in [9.17, 15) is 9.59 Å². The van der Waals surface area contributed by atoms with Crippen LogP contribution in [-0.4, -0.2) is 15.6 Å². The molecule has 0 bridgehead atoms. The Bertz CT molecular complexity index is 590. The molecule has 0 heterocycles. The molecule has 0 saturated heterocycles.